The topological polar surface area (TPSA) is 21.3 Å². The fraction of sp³-hybridized carbons (Fsp3) is 0.0769. The molecule has 94 valence electrons. The van der Waals surface area contributed by atoms with Crippen LogP contribution in [0.2, 0.25) is 0 Å². The summed E-state index contributed by atoms with van der Waals surface area (Å²) in [5, 5.41) is 0. The maximum absolute atomic E-state index is 12.0. The summed E-state index contributed by atoms with van der Waals surface area (Å²) in [5.74, 6) is 0. The predicted molar refractivity (Wildman–Crippen MR) is 62.6 cm³/mol. The highest BCUT2D eigenvalue weighted by Crippen LogP contribution is 2.28. The molecule has 2 nitrogen and oxygen atoms in total. The monoisotopic (exact) mass is 253 g/mol. The first-order valence-electron chi connectivity index (χ1n) is 5.21. The molecule has 0 aliphatic rings. The SMILES string of the molecule is FC(F)(F)ONc1ccccc1-c1ccccc1. The third kappa shape index (κ3) is 3.24. The Bertz CT molecular complexity index is 511. The minimum absolute atomic E-state index is 0.265. The van der Waals surface area contributed by atoms with E-state index in [1.807, 2.05) is 35.8 Å². The Balaban J connectivity index is 2.27. The maximum Gasteiger partial charge on any atom is 0.543 e. The van der Waals surface area contributed by atoms with Crippen LogP contribution in [0.4, 0.5) is 18.9 Å². The molecule has 5 heteroatoms. The Morgan fingerprint density at radius 2 is 1.44 bits per heavy atom. The van der Waals surface area contributed by atoms with Gasteiger partial charge in [-0.2, -0.15) is 4.84 Å². The Morgan fingerprint density at radius 3 is 2.11 bits per heavy atom. The van der Waals surface area contributed by atoms with Crippen molar-refractivity contribution < 1.29 is 18.0 Å². The van der Waals surface area contributed by atoms with Crippen molar-refractivity contribution in [1.29, 1.82) is 0 Å². The molecule has 2 aromatic rings. The largest absolute Gasteiger partial charge is 0.543 e. The van der Waals surface area contributed by atoms with Gasteiger partial charge in [0.15, 0.2) is 0 Å². The van der Waals surface area contributed by atoms with Crippen LogP contribution in [0, 0.1) is 0 Å². The van der Waals surface area contributed by atoms with Crippen LogP contribution < -0.4 is 5.48 Å². The molecule has 2 aromatic carbocycles. The van der Waals surface area contributed by atoms with E-state index < -0.39 is 6.36 Å². The molecule has 0 bridgehead atoms. The van der Waals surface area contributed by atoms with Crippen molar-refractivity contribution in [3.05, 3.63) is 54.6 Å². The van der Waals surface area contributed by atoms with Gasteiger partial charge in [0.05, 0.1) is 5.69 Å². The maximum atomic E-state index is 12.0. The summed E-state index contributed by atoms with van der Waals surface area (Å²) >= 11 is 0. The number of hydrogen-bond donors (Lipinski definition) is 1. The summed E-state index contributed by atoms with van der Waals surface area (Å²) in [6.45, 7) is 0. The molecule has 0 aliphatic heterocycles. The van der Waals surface area contributed by atoms with Gasteiger partial charge in [0.1, 0.15) is 0 Å². The number of rotatable bonds is 3. The van der Waals surface area contributed by atoms with Crippen molar-refractivity contribution in [3.63, 3.8) is 0 Å². The van der Waals surface area contributed by atoms with Gasteiger partial charge in [0.2, 0.25) is 0 Å². The van der Waals surface area contributed by atoms with Gasteiger partial charge in [0.25, 0.3) is 0 Å². The van der Waals surface area contributed by atoms with Crippen LogP contribution in [0.15, 0.2) is 54.6 Å². The van der Waals surface area contributed by atoms with E-state index in [1.165, 1.54) is 6.07 Å². The van der Waals surface area contributed by atoms with E-state index in [9.17, 15) is 13.2 Å². The van der Waals surface area contributed by atoms with Gasteiger partial charge in [-0.1, -0.05) is 48.5 Å². The van der Waals surface area contributed by atoms with Gasteiger partial charge in [-0.25, -0.2) is 0 Å². The summed E-state index contributed by atoms with van der Waals surface area (Å²) in [6.07, 6.45) is -4.72. The van der Waals surface area contributed by atoms with E-state index in [1.54, 1.807) is 18.2 Å². The molecule has 0 atom stereocenters. The van der Waals surface area contributed by atoms with Gasteiger partial charge in [-0.15, -0.1) is 13.2 Å². The lowest BCUT2D eigenvalue weighted by molar-refractivity contribution is -0.311. The van der Waals surface area contributed by atoms with Crippen LogP contribution in [0.25, 0.3) is 11.1 Å². The number of halogens is 3. The molecule has 0 heterocycles. The second-order valence-electron chi connectivity index (χ2n) is 3.56. The van der Waals surface area contributed by atoms with Gasteiger partial charge < -0.3 is 0 Å². The number of para-hydroxylation sites is 1. The van der Waals surface area contributed by atoms with Crippen LogP contribution in [0.1, 0.15) is 0 Å². The van der Waals surface area contributed by atoms with Crippen molar-refractivity contribution >= 4 is 5.69 Å². The summed E-state index contributed by atoms with van der Waals surface area (Å²) in [6, 6.07) is 15.7. The van der Waals surface area contributed by atoms with Crippen molar-refractivity contribution in [2.24, 2.45) is 0 Å². The second kappa shape index (κ2) is 5.10. The number of alkyl halides is 3. The lowest BCUT2D eigenvalue weighted by Gasteiger charge is -2.13. The predicted octanol–water partition coefficient (Wildman–Crippen LogP) is 4.22. The van der Waals surface area contributed by atoms with Crippen molar-refractivity contribution in [3.8, 4) is 11.1 Å². The van der Waals surface area contributed by atoms with Crippen LogP contribution in [0.5, 0.6) is 0 Å². The van der Waals surface area contributed by atoms with Crippen LogP contribution in [-0.4, -0.2) is 6.36 Å². The smallest absolute Gasteiger partial charge is 0.258 e. The molecule has 0 unspecified atom stereocenters. The molecule has 0 saturated heterocycles. The number of hydrogen-bond acceptors (Lipinski definition) is 2. The molecule has 0 saturated carbocycles. The van der Waals surface area contributed by atoms with E-state index in [4.69, 9.17) is 0 Å². The minimum atomic E-state index is -4.72. The van der Waals surface area contributed by atoms with Crippen LogP contribution in [0.3, 0.4) is 0 Å². The molecule has 0 fully saturated rings. The van der Waals surface area contributed by atoms with Gasteiger partial charge >= 0.3 is 6.36 Å². The van der Waals surface area contributed by atoms with Gasteiger partial charge in [-0.05, 0) is 11.6 Å². The molecule has 0 spiro atoms. The Kier molecular flexibility index (Phi) is 3.53. The Morgan fingerprint density at radius 1 is 0.833 bits per heavy atom. The van der Waals surface area contributed by atoms with E-state index in [0.29, 0.717) is 5.56 Å². The summed E-state index contributed by atoms with van der Waals surface area (Å²) in [4.78, 5) is 3.63. The molecular weight excluding hydrogens is 243 g/mol. The molecule has 0 aliphatic carbocycles. The normalized spacial score (nSPS) is 11.3. The first-order chi connectivity index (χ1) is 8.56. The Hall–Kier alpha value is -2.01. The highest BCUT2D eigenvalue weighted by atomic mass is 19.4. The average molecular weight is 253 g/mol. The standard InChI is InChI=1S/C13H10F3NO/c14-13(15,16)18-17-12-9-5-4-8-11(12)10-6-2-1-3-7-10/h1-9,17H. The summed E-state index contributed by atoms with van der Waals surface area (Å²) in [7, 11) is 0. The van der Waals surface area contributed by atoms with E-state index in [0.717, 1.165) is 5.56 Å². The lowest BCUT2D eigenvalue weighted by Crippen LogP contribution is -2.18. The van der Waals surface area contributed by atoms with E-state index in [2.05, 4.69) is 4.84 Å². The number of benzene rings is 2. The summed E-state index contributed by atoms with van der Waals surface area (Å²) < 4.78 is 36.0. The first-order valence-corrected chi connectivity index (χ1v) is 5.21. The molecule has 2 rings (SSSR count). The molecule has 18 heavy (non-hydrogen) atoms. The minimum Gasteiger partial charge on any atom is -0.258 e. The van der Waals surface area contributed by atoms with Crippen molar-refractivity contribution in [2.45, 2.75) is 6.36 Å². The van der Waals surface area contributed by atoms with Crippen molar-refractivity contribution in [2.75, 3.05) is 5.48 Å². The van der Waals surface area contributed by atoms with Gasteiger partial charge in [-0.3, -0.25) is 5.48 Å². The summed E-state index contributed by atoms with van der Waals surface area (Å²) in [5.41, 5.74) is 3.64. The highest BCUT2D eigenvalue weighted by molar-refractivity contribution is 5.77. The lowest BCUT2D eigenvalue weighted by atomic mass is 10.0. The zero-order valence-electron chi connectivity index (χ0n) is 9.24. The molecular formula is C13H10F3NO. The van der Waals surface area contributed by atoms with Gasteiger partial charge in [0, 0.05) is 5.56 Å². The molecule has 0 radical (unpaired) electrons. The third-order valence-corrected chi connectivity index (χ3v) is 2.29. The highest BCUT2D eigenvalue weighted by Gasteiger charge is 2.30. The van der Waals surface area contributed by atoms with Crippen LogP contribution >= 0.6 is 0 Å². The molecule has 0 aromatic heterocycles. The van der Waals surface area contributed by atoms with Crippen molar-refractivity contribution in [1.82, 2.24) is 0 Å². The van der Waals surface area contributed by atoms with E-state index in [-0.39, 0.29) is 5.69 Å². The zero-order valence-corrected chi connectivity index (χ0v) is 9.24. The fourth-order valence-corrected chi connectivity index (χ4v) is 1.55. The second-order valence-corrected chi connectivity index (χ2v) is 3.56. The molecule has 0 amide bonds. The number of anilines is 1. The average Bonchev–Trinajstić information content (AvgIpc) is 2.37. The Labute approximate surface area is 102 Å². The third-order valence-electron chi connectivity index (χ3n) is 2.29. The molecule has 1 N–H and O–H groups in total. The van der Waals surface area contributed by atoms with Crippen LogP contribution in [-0.2, 0) is 4.84 Å². The number of nitrogens with one attached hydrogen (secondary N) is 1. The van der Waals surface area contributed by atoms with E-state index >= 15 is 0 Å². The quantitative estimate of drug-likeness (QED) is 0.827. The zero-order chi connectivity index (χ0) is 13.0. The first kappa shape index (κ1) is 12.4. The fourth-order valence-electron chi connectivity index (χ4n) is 1.55.